The van der Waals surface area contributed by atoms with Crippen LogP contribution in [0.15, 0.2) is 34.3 Å². The van der Waals surface area contributed by atoms with Gasteiger partial charge in [0.15, 0.2) is 11.5 Å². The standard InChI is InChI=1S/C15H14B2ClN5O3S/c16-14(17)15-19-6-13(26-15)27(24,25)22-3-1-9(2-4-22)10-7-23-12(5-11(10)18)20-8-21-23/h5-9,14H,1-4H2. The number of oxazole rings is 1. The van der Waals surface area contributed by atoms with Crippen LogP contribution >= 0.6 is 11.6 Å². The quantitative estimate of drug-likeness (QED) is 0.612. The molecule has 0 amide bonds. The number of rotatable bonds is 4. The van der Waals surface area contributed by atoms with E-state index in [0.29, 0.717) is 36.6 Å². The van der Waals surface area contributed by atoms with E-state index >= 15 is 0 Å². The third-order valence-electron chi connectivity index (χ3n) is 4.67. The number of pyridine rings is 1. The molecule has 3 aromatic heterocycles. The SMILES string of the molecule is [B]C([B])c1ncc(S(=O)(=O)N2CCC(c3cn4ncnc4cc3Cl)CC2)o1. The lowest BCUT2D eigenvalue weighted by molar-refractivity contribution is 0.307. The smallest absolute Gasteiger partial charge is 0.278 e. The molecule has 0 saturated carbocycles. The van der Waals surface area contributed by atoms with E-state index in [1.165, 1.54) is 10.6 Å². The number of hydrogen-bond donors (Lipinski definition) is 0. The molecule has 4 radical (unpaired) electrons. The maximum atomic E-state index is 12.7. The summed E-state index contributed by atoms with van der Waals surface area (Å²) in [5.41, 5.74) is 0.638. The molecule has 12 heteroatoms. The van der Waals surface area contributed by atoms with Crippen LogP contribution in [0.4, 0.5) is 0 Å². The van der Waals surface area contributed by atoms with Gasteiger partial charge in [0, 0.05) is 30.4 Å². The molecule has 4 heterocycles. The summed E-state index contributed by atoms with van der Waals surface area (Å²) in [6.45, 7) is 0.673. The molecule has 0 bridgehead atoms. The van der Waals surface area contributed by atoms with E-state index in [1.54, 1.807) is 10.6 Å². The van der Waals surface area contributed by atoms with Crippen molar-refractivity contribution in [1.82, 2.24) is 23.9 Å². The number of aromatic nitrogens is 4. The number of piperidine rings is 1. The first-order valence-corrected chi connectivity index (χ1v) is 10.1. The average Bonchev–Trinajstić information content (AvgIpc) is 3.30. The molecule has 0 spiro atoms. The van der Waals surface area contributed by atoms with Crippen molar-refractivity contribution in [2.24, 2.45) is 0 Å². The van der Waals surface area contributed by atoms with Gasteiger partial charge in [-0.05, 0) is 30.0 Å². The summed E-state index contributed by atoms with van der Waals surface area (Å²) in [6.07, 6.45) is 5.69. The van der Waals surface area contributed by atoms with Crippen molar-refractivity contribution in [3.63, 3.8) is 0 Å². The lowest BCUT2D eigenvalue weighted by Crippen LogP contribution is -2.37. The second kappa shape index (κ2) is 6.96. The van der Waals surface area contributed by atoms with Crippen LogP contribution in [0, 0.1) is 0 Å². The number of nitrogens with zero attached hydrogens (tertiary/aromatic N) is 5. The predicted octanol–water partition coefficient (Wildman–Crippen LogP) is 1.27. The van der Waals surface area contributed by atoms with E-state index in [-0.39, 0.29) is 16.9 Å². The first kappa shape index (κ1) is 18.5. The molecule has 0 N–H and O–H groups in total. The van der Waals surface area contributed by atoms with Crippen molar-refractivity contribution in [1.29, 1.82) is 0 Å². The fraction of sp³-hybridized carbons (Fsp3) is 0.400. The summed E-state index contributed by atoms with van der Waals surface area (Å²) in [5.74, 6) is 0.108. The van der Waals surface area contributed by atoms with Crippen molar-refractivity contribution in [2.45, 2.75) is 29.6 Å². The molecular formula is C15H14B2ClN5O3S. The lowest BCUT2D eigenvalue weighted by Gasteiger charge is -2.31. The molecule has 1 saturated heterocycles. The molecule has 1 aliphatic heterocycles. The summed E-state index contributed by atoms with van der Waals surface area (Å²) in [7, 11) is 7.15. The second-order valence-corrected chi connectivity index (χ2v) is 8.64. The van der Waals surface area contributed by atoms with Gasteiger partial charge in [0.25, 0.3) is 15.1 Å². The Labute approximate surface area is 163 Å². The molecule has 4 rings (SSSR count). The van der Waals surface area contributed by atoms with E-state index in [4.69, 9.17) is 31.7 Å². The molecule has 1 aliphatic rings. The lowest BCUT2D eigenvalue weighted by atomic mass is 9.71. The Balaban J connectivity index is 1.51. The minimum atomic E-state index is -3.78. The Morgan fingerprint density at radius 3 is 2.67 bits per heavy atom. The highest BCUT2D eigenvalue weighted by Crippen LogP contribution is 2.34. The van der Waals surface area contributed by atoms with Gasteiger partial charge >= 0.3 is 0 Å². The van der Waals surface area contributed by atoms with Gasteiger partial charge in [-0.1, -0.05) is 11.6 Å². The van der Waals surface area contributed by atoms with E-state index in [2.05, 4.69) is 15.1 Å². The van der Waals surface area contributed by atoms with Crippen molar-refractivity contribution in [3.05, 3.63) is 41.3 Å². The number of halogens is 1. The minimum absolute atomic E-state index is 0.0172. The molecule has 0 atom stereocenters. The molecule has 27 heavy (non-hydrogen) atoms. The van der Waals surface area contributed by atoms with Crippen LogP contribution in [0.5, 0.6) is 0 Å². The Hall–Kier alpha value is -1.84. The largest absolute Gasteiger partial charge is 0.429 e. The highest BCUT2D eigenvalue weighted by molar-refractivity contribution is 7.89. The van der Waals surface area contributed by atoms with Gasteiger partial charge in [-0.3, -0.25) is 0 Å². The van der Waals surface area contributed by atoms with Crippen molar-refractivity contribution in [3.8, 4) is 0 Å². The summed E-state index contributed by atoms with van der Waals surface area (Å²) >= 11 is 6.39. The fourth-order valence-corrected chi connectivity index (χ4v) is 4.86. The van der Waals surface area contributed by atoms with E-state index < -0.39 is 15.7 Å². The van der Waals surface area contributed by atoms with Crippen LogP contribution in [0.3, 0.4) is 0 Å². The van der Waals surface area contributed by atoms with Crippen LogP contribution in [-0.2, 0) is 10.0 Å². The summed E-state index contributed by atoms with van der Waals surface area (Å²) in [5, 5.41) is 4.48. The molecular weight excluding hydrogens is 387 g/mol. The highest BCUT2D eigenvalue weighted by atomic mass is 35.5. The van der Waals surface area contributed by atoms with E-state index in [9.17, 15) is 8.42 Å². The van der Waals surface area contributed by atoms with Gasteiger partial charge in [-0.25, -0.2) is 22.9 Å². The Kier molecular flexibility index (Phi) is 4.77. The van der Waals surface area contributed by atoms with Gasteiger partial charge in [-0.15, -0.1) is 0 Å². The molecule has 0 aliphatic carbocycles. The summed E-state index contributed by atoms with van der Waals surface area (Å²) in [4.78, 5) is 7.92. The van der Waals surface area contributed by atoms with E-state index in [0.717, 1.165) is 11.8 Å². The fourth-order valence-electron chi connectivity index (χ4n) is 3.23. The van der Waals surface area contributed by atoms with Gasteiger partial charge in [-0.2, -0.15) is 9.40 Å². The van der Waals surface area contributed by atoms with Gasteiger partial charge in [0.1, 0.15) is 6.33 Å². The van der Waals surface area contributed by atoms with Crippen LogP contribution in [0.2, 0.25) is 5.02 Å². The Bertz CT molecular complexity index is 1080. The number of fused-ring (bicyclic) bond motifs is 1. The zero-order valence-corrected chi connectivity index (χ0v) is 15.8. The Morgan fingerprint density at radius 2 is 2.00 bits per heavy atom. The number of sulfonamides is 1. The first-order valence-electron chi connectivity index (χ1n) is 8.32. The van der Waals surface area contributed by atoms with Gasteiger partial charge < -0.3 is 4.42 Å². The van der Waals surface area contributed by atoms with Crippen LogP contribution in [0.1, 0.15) is 35.9 Å². The van der Waals surface area contributed by atoms with Gasteiger partial charge in [0.2, 0.25) is 0 Å². The maximum absolute atomic E-state index is 12.7. The van der Waals surface area contributed by atoms with Crippen LogP contribution in [0.25, 0.3) is 5.65 Å². The van der Waals surface area contributed by atoms with Crippen molar-refractivity contribution < 1.29 is 12.8 Å². The molecule has 0 aromatic carbocycles. The summed E-state index contributed by atoms with van der Waals surface area (Å²) in [6, 6.07) is 1.76. The van der Waals surface area contributed by atoms with Crippen molar-refractivity contribution >= 4 is 43.0 Å². The van der Waals surface area contributed by atoms with Crippen LogP contribution in [-0.4, -0.2) is 61.1 Å². The normalized spacial score (nSPS) is 17.1. The maximum Gasteiger partial charge on any atom is 0.278 e. The third-order valence-corrected chi connectivity index (χ3v) is 6.74. The van der Waals surface area contributed by atoms with Crippen molar-refractivity contribution in [2.75, 3.05) is 13.1 Å². The summed E-state index contributed by atoms with van der Waals surface area (Å²) < 4.78 is 33.7. The third kappa shape index (κ3) is 3.39. The monoisotopic (exact) mass is 401 g/mol. The predicted molar refractivity (Wildman–Crippen MR) is 99.5 cm³/mol. The Morgan fingerprint density at radius 1 is 1.26 bits per heavy atom. The molecule has 136 valence electrons. The van der Waals surface area contributed by atoms with Gasteiger partial charge in [0.05, 0.1) is 21.9 Å². The molecule has 0 unspecified atom stereocenters. The minimum Gasteiger partial charge on any atom is -0.429 e. The topological polar surface area (TPSA) is 93.6 Å². The highest BCUT2D eigenvalue weighted by Gasteiger charge is 2.33. The zero-order chi connectivity index (χ0) is 19.2. The second-order valence-electron chi connectivity index (χ2n) is 6.36. The average molecular weight is 401 g/mol. The zero-order valence-electron chi connectivity index (χ0n) is 14.2. The van der Waals surface area contributed by atoms with E-state index in [1.807, 2.05) is 6.20 Å². The number of hydrogen-bond acceptors (Lipinski definition) is 6. The molecule has 8 nitrogen and oxygen atoms in total. The molecule has 3 aromatic rings. The van der Waals surface area contributed by atoms with Crippen LogP contribution < -0.4 is 0 Å². The first-order chi connectivity index (χ1) is 12.9. The molecule has 1 fully saturated rings.